The number of aliphatic hydroxyl groups excluding tert-OH is 1. The highest BCUT2D eigenvalue weighted by Crippen LogP contribution is 2.20. The SMILES string of the molecule is C=CCC[C@H](O)CN(Cc1ccccc1)C[C@@H]1CC(c2ccc(Cl)cc2)=NO1. The van der Waals surface area contributed by atoms with E-state index in [1.807, 2.05) is 48.5 Å². The monoisotopic (exact) mass is 398 g/mol. The van der Waals surface area contributed by atoms with Crippen molar-refractivity contribution in [3.63, 3.8) is 0 Å². The van der Waals surface area contributed by atoms with E-state index in [0.29, 0.717) is 24.5 Å². The average molecular weight is 399 g/mol. The van der Waals surface area contributed by atoms with Gasteiger partial charge in [0.05, 0.1) is 11.8 Å². The molecule has 2 atom stereocenters. The van der Waals surface area contributed by atoms with E-state index in [2.05, 4.69) is 28.8 Å². The minimum Gasteiger partial charge on any atom is -0.392 e. The van der Waals surface area contributed by atoms with E-state index in [4.69, 9.17) is 16.4 Å². The zero-order valence-electron chi connectivity index (χ0n) is 16.0. The highest BCUT2D eigenvalue weighted by atomic mass is 35.5. The van der Waals surface area contributed by atoms with E-state index in [1.54, 1.807) is 0 Å². The molecule has 4 nitrogen and oxygen atoms in total. The van der Waals surface area contributed by atoms with Gasteiger partial charge in [-0.05, 0) is 36.1 Å². The van der Waals surface area contributed by atoms with Crippen LogP contribution in [0.2, 0.25) is 5.02 Å². The number of allylic oxidation sites excluding steroid dienone is 1. The third-order valence-electron chi connectivity index (χ3n) is 4.79. The Morgan fingerprint density at radius 3 is 2.68 bits per heavy atom. The van der Waals surface area contributed by atoms with Crippen molar-refractivity contribution in [1.82, 2.24) is 4.90 Å². The summed E-state index contributed by atoms with van der Waals surface area (Å²) < 4.78 is 0. The molecule has 2 aromatic carbocycles. The molecule has 0 saturated carbocycles. The van der Waals surface area contributed by atoms with Gasteiger partial charge in [0.2, 0.25) is 0 Å². The molecule has 2 aromatic rings. The molecule has 0 aromatic heterocycles. The number of halogens is 1. The van der Waals surface area contributed by atoms with Gasteiger partial charge in [-0.25, -0.2) is 0 Å². The number of benzene rings is 2. The largest absolute Gasteiger partial charge is 0.392 e. The molecule has 0 spiro atoms. The van der Waals surface area contributed by atoms with Gasteiger partial charge in [-0.3, -0.25) is 4.90 Å². The van der Waals surface area contributed by atoms with Crippen LogP contribution in [0, 0.1) is 0 Å². The van der Waals surface area contributed by atoms with Crippen LogP contribution in [-0.2, 0) is 11.4 Å². The van der Waals surface area contributed by atoms with E-state index in [1.165, 1.54) is 5.56 Å². The molecule has 0 bridgehead atoms. The molecule has 28 heavy (non-hydrogen) atoms. The quantitative estimate of drug-likeness (QED) is 0.592. The van der Waals surface area contributed by atoms with Crippen molar-refractivity contribution in [2.75, 3.05) is 13.1 Å². The summed E-state index contributed by atoms with van der Waals surface area (Å²) in [7, 11) is 0. The van der Waals surface area contributed by atoms with Crippen LogP contribution in [0.1, 0.15) is 30.4 Å². The van der Waals surface area contributed by atoms with Gasteiger partial charge in [-0.1, -0.05) is 65.3 Å². The fraction of sp³-hybridized carbons (Fsp3) is 0.348. The van der Waals surface area contributed by atoms with Crippen LogP contribution in [0.25, 0.3) is 0 Å². The fourth-order valence-electron chi connectivity index (χ4n) is 3.37. The van der Waals surface area contributed by atoms with Crippen LogP contribution in [-0.4, -0.2) is 41.0 Å². The standard InChI is InChI=1S/C23H27ClN2O2/c1-2-3-9-21(27)16-26(15-18-7-5-4-6-8-18)17-22-14-23(25-28-22)19-10-12-20(24)13-11-19/h2,4-8,10-13,21-22,27H,1,3,9,14-17H2/t21-,22-/m0/s1. The summed E-state index contributed by atoms with van der Waals surface area (Å²) >= 11 is 5.97. The molecule has 0 saturated heterocycles. The highest BCUT2D eigenvalue weighted by molar-refractivity contribution is 6.30. The Balaban J connectivity index is 1.60. The van der Waals surface area contributed by atoms with Gasteiger partial charge in [0.15, 0.2) is 0 Å². The van der Waals surface area contributed by atoms with Gasteiger partial charge in [-0.15, -0.1) is 6.58 Å². The predicted octanol–water partition coefficient (Wildman–Crippen LogP) is 4.66. The lowest BCUT2D eigenvalue weighted by Gasteiger charge is -2.27. The number of hydrogen-bond acceptors (Lipinski definition) is 4. The lowest BCUT2D eigenvalue weighted by Crippen LogP contribution is -2.37. The maximum absolute atomic E-state index is 10.4. The molecule has 1 heterocycles. The van der Waals surface area contributed by atoms with E-state index >= 15 is 0 Å². The molecule has 1 N–H and O–H groups in total. The minimum atomic E-state index is -0.389. The second-order valence-corrected chi connectivity index (χ2v) is 7.61. The normalized spacial score (nSPS) is 17.2. The Bertz CT molecular complexity index is 777. The van der Waals surface area contributed by atoms with Gasteiger partial charge in [0.1, 0.15) is 6.10 Å². The first-order chi connectivity index (χ1) is 13.6. The van der Waals surface area contributed by atoms with Gasteiger partial charge in [-0.2, -0.15) is 0 Å². The Hall–Kier alpha value is -2.14. The molecular weight excluding hydrogens is 372 g/mol. The maximum Gasteiger partial charge on any atom is 0.145 e. The van der Waals surface area contributed by atoms with Crippen LogP contribution >= 0.6 is 11.6 Å². The van der Waals surface area contributed by atoms with Crippen molar-refractivity contribution in [3.8, 4) is 0 Å². The van der Waals surface area contributed by atoms with Crippen molar-refractivity contribution in [3.05, 3.63) is 83.4 Å². The zero-order chi connectivity index (χ0) is 19.8. The second kappa shape index (κ2) is 10.4. The minimum absolute atomic E-state index is 0.0269. The Morgan fingerprint density at radius 1 is 1.21 bits per heavy atom. The highest BCUT2D eigenvalue weighted by Gasteiger charge is 2.25. The molecule has 5 heteroatoms. The third kappa shape index (κ3) is 6.20. The summed E-state index contributed by atoms with van der Waals surface area (Å²) in [5.41, 5.74) is 3.19. The summed E-state index contributed by atoms with van der Waals surface area (Å²) in [4.78, 5) is 7.94. The number of hydrogen-bond donors (Lipinski definition) is 1. The summed E-state index contributed by atoms with van der Waals surface area (Å²) in [6.45, 7) is 5.81. The first kappa shape index (κ1) is 20.6. The molecule has 0 radical (unpaired) electrons. The van der Waals surface area contributed by atoms with Crippen molar-refractivity contribution in [1.29, 1.82) is 0 Å². The predicted molar refractivity (Wildman–Crippen MR) is 115 cm³/mol. The van der Waals surface area contributed by atoms with Crippen LogP contribution in [0.4, 0.5) is 0 Å². The van der Waals surface area contributed by atoms with E-state index in [0.717, 1.165) is 30.7 Å². The summed E-state index contributed by atoms with van der Waals surface area (Å²) in [6.07, 6.45) is 3.70. The first-order valence-corrected chi connectivity index (χ1v) is 10.1. The number of rotatable bonds is 10. The maximum atomic E-state index is 10.4. The number of aliphatic hydroxyl groups is 1. The van der Waals surface area contributed by atoms with Crippen LogP contribution < -0.4 is 0 Å². The number of nitrogens with zero attached hydrogens (tertiary/aromatic N) is 2. The topological polar surface area (TPSA) is 45.1 Å². The molecule has 0 amide bonds. The van der Waals surface area contributed by atoms with Gasteiger partial charge >= 0.3 is 0 Å². The van der Waals surface area contributed by atoms with Gasteiger partial charge < -0.3 is 9.94 Å². The van der Waals surface area contributed by atoms with E-state index in [9.17, 15) is 5.11 Å². The molecule has 0 fully saturated rings. The Morgan fingerprint density at radius 2 is 1.96 bits per heavy atom. The molecule has 0 aliphatic carbocycles. The molecule has 148 valence electrons. The molecule has 1 aliphatic heterocycles. The molecule has 1 aliphatic rings. The van der Waals surface area contributed by atoms with Crippen LogP contribution in [0.3, 0.4) is 0 Å². The molecular formula is C23H27ClN2O2. The number of oxime groups is 1. The molecule has 3 rings (SSSR count). The first-order valence-electron chi connectivity index (χ1n) is 9.68. The molecule has 0 unspecified atom stereocenters. The van der Waals surface area contributed by atoms with E-state index < -0.39 is 0 Å². The lowest BCUT2D eigenvalue weighted by atomic mass is 10.0. The summed E-state index contributed by atoms with van der Waals surface area (Å²) in [5, 5.41) is 15.4. The summed E-state index contributed by atoms with van der Waals surface area (Å²) in [6, 6.07) is 18.0. The second-order valence-electron chi connectivity index (χ2n) is 7.18. The third-order valence-corrected chi connectivity index (χ3v) is 5.05. The van der Waals surface area contributed by atoms with Crippen LogP contribution in [0.5, 0.6) is 0 Å². The summed E-state index contributed by atoms with van der Waals surface area (Å²) in [5.74, 6) is 0. The van der Waals surface area contributed by atoms with Crippen molar-refractivity contribution in [2.24, 2.45) is 5.16 Å². The smallest absolute Gasteiger partial charge is 0.145 e. The Labute approximate surface area is 172 Å². The van der Waals surface area contributed by atoms with Gasteiger partial charge in [0, 0.05) is 31.1 Å². The van der Waals surface area contributed by atoms with Crippen molar-refractivity contribution < 1.29 is 9.94 Å². The van der Waals surface area contributed by atoms with Crippen molar-refractivity contribution in [2.45, 2.75) is 38.0 Å². The zero-order valence-corrected chi connectivity index (χ0v) is 16.8. The Kier molecular flexibility index (Phi) is 7.66. The lowest BCUT2D eigenvalue weighted by molar-refractivity contribution is 0.0308. The fourth-order valence-corrected chi connectivity index (χ4v) is 3.50. The van der Waals surface area contributed by atoms with Crippen LogP contribution in [0.15, 0.2) is 72.4 Å². The average Bonchev–Trinajstić information content (AvgIpc) is 3.16. The van der Waals surface area contributed by atoms with E-state index in [-0.39, 0.29) is 12.2 Å². The van der Waals surface area contributed by atoms with Gasteiger partial charge in [0.25, 0.3) is 0 Å². The van der Waals surface area contributed by atoms with Crippen molar-refractivity contribution >= 4 is 17.3 Å².